The molecule has 0 bridgehead atoms. The molecule has 21 heavy (non-hydrogen) atoms. The summed E-state index contributed by atoms with van der Waals surface area (Å²) in [6, 6.07) is 7.91. The minimum atomic E-state index is 0.243. The topological polar surface area (TPSA) is 29.5 Å². The highest BCUT2D eigenvalue weighted by Crippen LogP contribution is 2.11. The highest BCUT2D eigenvalue weighted by Gasteiger charge is 2.15. The molecule has 0 spiro atoms. The fourth-order valence-corrected chi connectivity index (χ4v) is 2.72. The van der Waals surface area contributed by atoms with Crippen molar-refractivity contribution in [2.24, 2.45) is 0 Å². The van der Waals surface area contributed by atoms with Crippen LogP contribution in [-0.2, 0) is 16.0 Å². The largest absolute Gasteiger partial charge is 0.381 e. The summed E-state index contributed by atoms with van der Waals surface area (Å²) in [4.78, 5) is 13.9. The maximum Gasteiger partial charge on any atom is 0.224 e. The Kier molecular flexibility index (Phi) is 7.04. The summed E-state index contributed by atoms with van der Waals surface area (Å²) >= 11 is 5.85. The third kappa shape index (κ3) is 6.06. The second kappa shape index (κ2) is 9.06. The van der Waals surface area contributed by atoms with Gasteiger partial charge in [-0.15, -0.1) is 0 Å². The maximum absolute atomic E-state index is 11.9. The van der Waals surface area contributed by atoms with Crippen LogP contribution < -0.4 is 0 Å². The molecule has 0 atom stereocenters. The lowest BCUT2D eigenvalue weighted by molar-refractivity contribution is -0.133. The Hall–Kier alpha value is -1.06. The number of rotatable bonds is 7. The molecule has 1 saturated heterocycles. The number of amides is 1. The number of halogens is 1. The Morgan fingerprint density at radius 1 is 1.10 bits per heavy atom. The van der Waals surface area contributed by atoms with Gasteiger partial charge in [0.25, 0.3) is 0 Å². The number of benzene rings is 1. The van der Waals surface area contributed by atoms with Gasteiger partial charge in [0, 0.05) is 24.7 Å². The Morgan fingerprint density at radius 3 is 2.52 bits per heavy atom. The zero-order chi connectivity index (χ0) is 14.9. The van der Waals surface area contributed by atoms with Crippen LogP contribution in [0.1, 0.15) is 37.7 Å². The van der Waals surface area contributed by atoms with Crippen molar-refractivity contribution in [1.82, 2.24) is 4.90 Å². The second-order valence-electron chi connectivity index (χ2n) is 5.53. The highest BCUT2D eigenvalue weighted by molar-refractivity contribution is 6.30. The smallest absolute Gasteiger partial charge is 0.224 e. The Bertz CT molecular complexity index is 427. The summed E-state index contributed by atoms with van der Waals surface area (Å²) < 4.78 is 5.57. The van der Waals surface area contributed by atoms with Gasteiger partial charge in [-0.2, -0.15) is 0 Å². The van der Waals surface area contributed by atoms with Crippen molar-refractivity contribution in [3.63, 3.8) is 0 Å². The summed E-state index contributed by atoms with van der Waals surface area (Å²) in [6.07, 6.45) is 6.02. The van der Waals surface area contributed by atoms with Crippen LogP contribution in [0, 0.1) is 0 Å². The molecule has 2 rings (SSSR count). The molecule has 3 nitrogen and oxygen atoms in total. The molecule has 0 N–H and O–H groups in total. The number of aryl methyl sites for hydroxylation is 1. The van der Waals surface area contributed by atoms with Crippen molar-refractivity contribution >= 4 is 17.5 Å². The zero-order valence-electron chi connectivity index (χ0n) is 12.5. The first kappa shape index (κ1) is 16.3. The third-order valence-corrected chi connectivity index (χ3v) is 4.09. The van der Waals surface area contributed by atoms with E-state index in [1.54, 1.807) is 0 Å². The van der Waals surface area contributed by atoms with Crippen molar-refractivity contribution in [1.29, 1.82) is 0 Å². The van der Waals surface area contributed by atoms with E-state index in [1.165, 1.54) is 12.0 Å². The van der Waals surface area contributed by atoms with Gasteiger partial charge in [0.05, 0.1) is 13.0 Å². The van der Waals surface area contributed by atoms with Crippen LogP contribution in [0.15, 0.2) is 24.3 Å². The zero-order valence-corrected chi connectivity index (χ0v) is 13.3. The first-order valence-electron chi connectivity index (χ1n) is 7.85. The molecule has 116 valence electrons. The first-order chi connectivity index (χ1) is 10.3. The third-order valence-electron chi connectivity index (χ3n) is 3.84. The molecule has 1 heterocycles. The Labute approximate surface area is 132 Å². The lowest BCUT2D eigenvalue weighted by Gasteiger charge is -2.26. The predicted molar refractivity (Wildman–Crippen MR) is 85.6 cm³/mol. The summed E-state index contributed by atoms with van der Waals surface area (Å²) in [5, 5.41) is 0.770. The normalized spacial score (nSPS) is 15.2. The SMILES string of the molecule is O=C(CCOCCCc1ccc(Cl)cc1)N1CCCCC1. The average molecular weight is 310 g/mol. The molecular formula is C17H24ClNO2. The van der Waals surface area contributed by atoms with Crippen molar-refractivity contribution in [2.45, 2.75) is 38.5 Å². The van der Waals surface area contributed by atoms with Gasteiger partial charge in [0.1, 0.15) is 0 Å². The van der Waals surface area contributed by atoms with E-state index in [0.717, 1.165) is 43.8 Å². The van der Waals surface area contributed by atoms with Gasteiger partial charge >= 0.3 is 0 Å². The van der Waals surface area contributed by atoms with Crippen molar-refractivity contribution in [2.75, 3.05) is 26.3 Å². The number of piperidine rings is 1. The summed E-state index contributed by atoms with van der Waals surface area (Å²) in [5.41, 5.74) is 1.27. The van der Waals surface area contributed by atoms with Crippen LogP contribution >= 0.6 is 11.6 Å². The molecule has 0 saturated carbocycles. The number of nitrogens with zero attached hydrogens (tertiary/aromatic N) is 1. The number of hydrogen-bond donors (Lipinski definition) is 0. The lowest BCUT2D eigenvalue weighted by atomic mass is 10.1. The van der Waals surface area contributed by atoms with Gasteiger partial charge in [-0.3, -0.25) is 4.79 Å². The molecule has 0 unspecified atom stereocenters. The highest BCUT2D eigenvalue weighted by atomic mass is 35.5. The van der Waals surface area contributed by atoms with Gasteiger partial charge in [-0.05, 0) is 49.8 Å². The monoisotopic (exact) mass is 309 g/mol. The summed E-state index contributed by atoms with van der Waals surface area (Å²) in [5.74, 6) is 0.243. The van der Waals surface area contributed by atoms with Gasteiger partial charge < -0.3 is 9.64 Å². The minimum Gasteiger partial charge on any atom is -0.381 e. The number of likely N-dealkylation sites (tertiary alicyclic amines) is 1. The van der Waals surface area contributed by atoms with Crippen LogP contribution in [0.2, 0.25) is 5.02 Å². The van der Waals surface area contributed by atoms with Crippen LogP contribution in [0.3, 0.4) is 0 Å². The van der Waals surface area contributed by atoms with E-state index in [9.17, 15) is 4.79 Å². The van der Waals surface area contributed by atoms with Crippen LogP contribution in [0.5, 0.6) is 0 Å². The minimum absolute atomic E-state index is 0.243. The second-order valence-corrected chi connectivity index (χ2v) is 5.97. The van der Waals surface area contributed by atoms with Gasteiger partial charge in [0.15, 0.2) is 0 Å². The molecule has 1 amide bonds. The molecule has 1 aromatic carbocycles. The Morgan fingerprint density at radius 2 is 1.81 bits per heavy atom. The lowest BCUT2D eigenvalue weighted by Crippen LogP contribution is -2.36. The van der Waals surface area contributed by atoms with Gasteiger partial charge in [-0.1, -0.05) is 23.7 Å². The molecular weight excluding hydrogens is 286 g/mol. The van der Waals surface area contributed by atoms with Crippen molar-refractivity contribution in [3.05, 3.63) is 34.9 Å². The quantitative estimate of drug-likeness (QED) is 0.719. The molecule has 1 aliphatic heterocycles. The van der Waals surface area contributed by atoms with E-state index in [-0.39, 0.29) is 5.91 Å². The number of carbonyl (C=O) groups excluding carboxylic acids is 1. The van der Waals surface area contributed by atoms with Crippen molar-refractivity contribution < 1.29 is 9.53 Å². The van der Waals surface area contributed by atoms with E-state index in [4.69, 9.17) is 16.3 Å². The molecule has 0 aliphatic carbocycles. The Balaban J connectivity index is 1.51. The molecule has 1 aromatic rings. The van der Waals surface area contributed by atoms with Crippen LogP contribution in [0.4, 0.5) is 0 Å². The van der Waals surface area contributed by atoms with E-state index >= 15 is 0 Å². The molecule has 0 aromatic heterocycles. The standard InChI is InChI=1S/C17H24ClNO2/c18-16-8-6-15(7-9-16)5-4-13-21-14-10-17(20)19-11-2-1-3-12-19/h6-9H,1-5,10-14H2. The molecule has 1 fully saturated rings. The number of carbonyl (C=O) groups is 1. The maximum atomic E-state index is 11.9. The average Bonchev–Trinajstić information content (AvgIpc) is 2.53. The van der Waals surface area contributed by atoms with E-state index in [0.29, 0.717) is 19.6 Å². The molecule has 1 aliphatic rings. The van der Waals surface area contributed by atoms with E-state index in [1.807, 2.05) is 29.2 Å². The van der Waals surface area contributed by atoms with Gasteiger partial charge in [-0.25, -0.2) is 0 Å². The number of hydrogen-bond acceptors (Lipinski definition) is 2. The first-order valence-corrected chi connectivity index (χ1v) is 8.23. The van der Waals surface area contributed by atoms with Crippen molar-refractivity contribution in [3.8, 4) is 0 Å². The fourth-order valence-electron chi connectivity index (χ4n) is 2.59. The molecule has 4 heteroatoms. The van der Waals surface area contributed by atoms with Crippen LogP contribution in [-0.4, -0.2) is 37.1 Å². The summed E-state index contributed by atoms with van der Waals surface area (Å²) in [7, 11) is 0. The number of ether oxygens (including phenoxy) is 1. The summed E-state index contributed by atoms with van der Waals surface area (Å²) in [6.45, 7) is 3.09. The van der Waals surface area contributed by atoms with Crippen LogP contribution in [0.25, 0.3) is 0 Å². The van der Waals surface area contributed by atoms with E-state index in [2.05, 4.69) is 0 Å². The predicted octanol–water partition coefficient (Wildman–Crippen LogP) is 3.69. The van der Waals surface area contributed by atoms with Gasteiger partial charge in [0.2, 0.25) is 5.91 Å². The molecule has 0 radical (unpaired) electrons. The fraction of sp³-hybridized carbons (Fsp3) is 0.588. The van der Waals surface area contributed by atoms with E-state index < -0.39 is 0 Å².